The molecule has 2 aromatic heterocycles. The number of hydrogen-bond acceptors (Lipinski definition) is 3. The van der Waals surface area contributed by atoms with Crippen LogP contribution >= 0.6 is 11.3 Å². The lowest BCUT2D eigenvalue weighted by atomic mass is 10.0. The summed E-state index contributed by atoms with van der Waals surface area (Å²) >= 11 is 1.86. The first kappa shape index (κ1) is 14.1. The quantitative estimate of drug-likeness (QED) is 0.729. The van der Waals surface area contributed by atoms with Gasteiger partial charge in [0.25, 0.3) is 0 Å². The summed E-state index contributed by atoms with van der Waals surface area (Å²) in [5, 5.41) is 3.61. The molecular formula is C18H19NOS. The zero-order chi connectivity index (χ0) is 14.7. The minimum Gasteiger partial charge on any atom is -0.467 e. The van der Waals surface area contributed by atoms with Gasteiger partial charge < -0.3 is 4.42 Å². The maximum Gasteiger partial charge on any atom is 0.125 e. The highest BCUT2D eigenvalue weighted by molar-refractivity contribution is 7.12. The van der Waals surface area contributed by atoms with Crippen molar-refractivity contribution in [2.75, 3.05) is 0 Å². The Morgan fingerprint density at radius 2 is 1.90 bits per heavy atom. The molecule has 0 fully saturated rings. The van der Waals surface area contributed by atoms with Crippen molar-refractivity contribution in [3.8, 4) is 0 Å². The first-order valence-corrected chi connectivity index (χ1v) is 7.93. The summed E-state index contributed by atoms with van der Waals surface area (Å²) in [6, 6.07) is 16.7. The molecule has 1 atom stereocenters. The van der Waals surface area contributed by atoms with E-state index in [0.717, 1.165) is 12.3 Å². The summed E-state index contributed by atoms with van der Waals surface area (Å²) in [6.45, 7) is 5.18. The van der Waals surface area contributed by atoms with Crippen molar-refractivity contribution >= 4 is 11.3 Å². The molecule has 0 aliphatic rings. The van der Waals surface area contributed by atoms with Crippen molar-refractivity contribution in [2.24, 2.45) is 0 Å². The van der Waals surface area contributed by atoms with E-state index in [0.29, 0.717) is 0 Å². The van der Waals surface area contributed by atoms with Crippen LogP contribution in [0.3, 0.4) is 0 Å². The van der Waals surface area contributed by atoms with Crippen molar-refractivity contribution < 1.29 is 4.42 Å². The number of thiophene rings is 1. The van der Waals surface area contributed by atoms with Gasteiger partial charge in [-0.15, -0.1) is 11.3 Å². The van der Waals surface area contributed by atoms with E-state index in [9.17, 15) is 0 Å². The third-order valence-corrected chi connectivity index (χ3v) is 4.81. The molecule has 2 nitrogen and oxygen atoms in total. The molecule has 0 aliphatic carbocycles. The number of hydrogen-bond donors (Lipinski definition) is 1. The van der Waals surface area contributed by atoms with E-state index in [4.69, 9.17) is 4.42 Å². The average Bonchev–Trinajstić information content (AvgIpc) is 3.12. The van der Waals surface area contributed by atoms with E-state index in [1.54, 1.807) is 6.26 Å². The van der Waals surface area contributed by atoms with Gasteiger partial charge in [0.15, 0.2) is 0 Å². The van der Waals surface area contributed by atoms with Gasteiger partial charge in [-0.3, -0.25) is 5.32 Å². The molecule has 0 aliphatic heterocycles. The van der Waals surface area contributed by atoms with Gasteiger partial charge in [0.05, 0.1) is 12.3 Å². The lowest BCUT2D eigenvalue weighted by Crippen LogP contribution is -2.21. The van der Waals surface area contributed by atoms with Crippen LogP contribution in [0.2, 0.25) is 0 Å². The fourth-order valence-electron chi connectivity index (χ4n) is 2.42. The molecule has 1 aromatic carbocycles. The molecule has 0 saturated carbocycles. The van der Waals surface area contributed by atoms with E-state index in [-0.39, 0.29) is 6.04 Å². The Bertz CT molecular complexity index is 666. The summed E-state index contributed by atoms with van der Waals surface area (Å²) < 4.78 is 5.61. The molecule has 0 radical (unpaired) electrons. The molecule has 0 bridgehead atoms. The van der Waals surface area contributed by atoms with Crippen LogP contribution in [0.15, 0.2) is 59.2 Å². The van der Waals surface area contributed by atoms with Gasteiger partial charge in [0.2, 0.25) is 0 Å². The van der Waals surface area contributed by atoms with Crippen molar-refractivity contribution in [2.45, 2.75) is 26.4 Å². The van der Waals surface area contributed by atoms with Crippen LogP contribution in [0.1, 0.15) is 32.7 Å². The molecule has 0 amide bonds. The largest absolute Gasteiger partial charge is 0.467 e. The lowest BCUT2D eigenvalue weighted by Gasteiger charge is -2.16. The molecule has 1 N–H and O–H groups in total. The first-order chi connectivity index (χ1) is 10.2. The number of aryl methyl sites for hydroxylation is 2. The number of nitrogens with one attached hydrogen (secondary N) is 1. The highest BCUT2D eigenvalue weighted by atomic mass is 32.1. The van der Waals surface area contributed by atoms with E-state index in [1.165, 1.54) is 20.9 Å². The predicted octanol–water partition coefficient (Wildman–Crippen LogP) is 4.84. The summed E-state index contributed by atoms with van der Waals surface area (Å²) in [7, 11) is 0. The molecule has 2 heterocycles. The van der Waals surface area contributed by atoms with E-state index in [2.05, 4.69) is 49.5 Å². The first-order valence-electron chi connectivity index (χ1n) is 7.11. The van der Waals surface area contributed by atoms with Gasteiger partial charge in [-0.25, -0.2) is 0 Å². The van der Waals surface area contributed by atoms with Crippen molar-refractivity contribution in [1.29, 1.82) is 0 Å². The molecule has 1 unspecified atom stereocenters. The van der Waals surface area contributed by atoms with Crippen LogP contribution in [-0.2, 0) is 6.54 Å². The molecule has 3 aromatic rings. The van der Waals surface area contributed by atoms with Crippen LogP contribution < -0.4 is 5.32 Å². The van der Waals surface area contributed by atoms with Crippen molar-refractivity contribution in [1.82, 2.24) is 5.32 Å². The van der Waals surface area contributed by atoms with Crippen LogP contribution in [0.25, 0.3) is 0 Å². The zero-order valence-electron chi connectivity index (χ0n) is 12.3. The zero-order valence-corrected chi connectivity index (χ0v) is 13.1. The SMILES string of the molecule is Cc1cc(CNC(c2ccccc2)c2ccco2)sc1C. The van der Waals surface area contributed by atoms with Gasteiger partial charge >= 0.3 is 0 Å². The molecule has 3 rings (SSSR count). The standard InChI is InChI=1S/C18H19NOS/c1-13-11-16(21-14(13)2)12-19-18(17-9-6-10-20-17)15-7-4-3-5-8-15/h3-11,18-19H,12H2,1-2H3. The van der Waals surface area contributed by atoms with E-state index >= 15 is 0 Å². The van der Waals surface area contributed by atoms with E-state index < -0.39 is 0 Å². The summed E-state index contributed by atoms with van der Waals surface area (Å²) in [6.07, 6.45) is 1.73. The van der Waals surface area contributed by atoms with Crippen LogP contribution in [0, 0.1) is 13.8 Å². The lowest BCUT2D eigenvalue weighted by molar-refractivity contribution is 0.447. The Balaban J connectivity index is 1.80. The summed E-state index contributed by atoms with van der Waals surface area (Å²) in [4.78, 5) is 2.75. The predicted molar refractivity (Wildman–Crippen MR) is 87.6 cm³/mol. The number of rotatable bonds is 5. The normalized spacial score (nSPS) is 12.5. The van der Waals surface area contributed by atoms with Gasteiger partial charge in [-0.1, -0.05) is 30.3 Å². The second-order valence-electron chi connectivity index (χ2n) is 5.19. The monoisotopic (exact) mass is 297 g/mol. The minimum absolute atomic E-state index is 0.0870. The molecular weight excluding hydrogens is 278 g/mol. The fraction of sp³-hybridized carbons (Fsp3) is 0.222. The minimum atomic E-state index is 0.0870. The Morgan fingerprint density at radius 3 is 2.52 bits per heavy atom. The molecule has 21 heavy (non-hydrogen) atoms. The smallest absolute Gasteiger partial charge is 0.125 e. The average molecular weight is 297 g/mol. The number of benzene rings is 1. The van der Waals surface area contributed by atoms with Crippen LogP contribution in [-0.4, -0.2) is 0 Å². The van der Waals surface area contributed by atoms with Crippen LogP contribution in [0.4, 0.5) is 0 Å². The second kappa shape index (κ2) is 6.29. The van der Waals surface area contributed by atoms with Crippen molar-refractivity contribution in [3.63, 3.8) is 0 Å². The molecule has 0 saturated heterocycles. The van der Waals surface area contributed by atoms with Gasteiger partial charge in [0.1, 0.15) is 5.76 Å². The van der Waals surface area contributed by atoms with E-state index in [1.807, 2.05) is 29.5 Å². The van der Waals surface area contributed by atoms with Gasteiger partial charge in [0, 0.05) is 16.3 Å². The molecule has 108 valence electrons. The second-order valence-corrected chi connectivity index (χ2v) is 6.53. The number of furan rings is 1. The highest BCUT2D eigenvalue weighted by Gasteiger charge is 2.16. The topological polar surface area (TPSA) is 25.2 Å². The third-order valence-electron chi connectivity index (χ3n) is 3.66. The van der Waals surface area contributed by atoms with Crippen molar-refractivity contribution in [3.05, 3.63) is 81.4 Å². The van der Waals surface area contributed by atoms with Crippen LogP contribution in [0.5, 0.6) is 0 Å². The Labute approximate surface area is 129 Å². The highest BCUT2D eigenvalue weighted by Crippen LogP contribution is 2.25. The summed E-state index contributed by atoms with van der Waals surface area (Å²) in [5.41, 5.74) is 2.59. The Kier molecular flexibility index (Phi) is 4.23. The van der Waals surface area contributed by atoms with Gasteiger partial charge in [-0.05, 0) is 43.2 Å². The Hall–Kier alpha value is -1.84. The maximum absolute atomic E-state index is 5.61. The Morgan fingerprint density at radius 1 is 1.10 bits per heavy atom. The fourth-order valence-corrected chi connectivity index (χ4v) is 3.43. The molecule has 0 spiro atoms. The summed E-state index contributed by atoms with van der Waals surface area (Å²) in [5.74, 6) is 0.950. The van der Waals surface area contributed by atoms with Gasteiger partial charge in [-0.2, -0.15) is 0 Å². The molecule has 3 heteroatoms. The third kappa shape index (κ3) is 3.26. The maximum atomic E-state index is 5.61.